The predicted molar refractivity (Wildman–Crippen MR) is 77.1 cm³/mol. The molecule has 0 atom stereocenters. The van der Waals surface area contributed by atoms with Gasteiger partial charge in [-0.15, -0.1) is 11.3 Å². The lowest BCUT2D eigenvalue weighted by Gasteiger charge is -2.07. The fourth-order valence-electron chi connectivity index (χ4n) is 2.14. The van der Waals surface area contributed by atoms with Crippen LogP contribution >= 0.6 is 11.3 Å². The Morgan fingerprint density at radius 1 is 1.26 bits per heavy atom. The van der Waals surface area contributed by atoms with E-state index in [-0.39, 0.29) is 5.97 Å². The molecular formula is C15H13NO2S. The molecule has 0 aliphatic heterocycles. The molecule has 0 bridgehead atoms. The first-order chi connectivity index (χ1) is 9.31. The summed E-state index contributed by atoms with van der Waals surface area (Å²) in [6, 6.07) is 13.8. The number of hydrogen-bond acceptors (Lipinski definition) is 3. The highest BCUT2D eigenvalue weighted by Gasteiger charge is 2.17. The van der Waals surface area contributed by atoms with Gasteiger partial charge in [0.05, 0.1) is 12.1 Å². The molecule has 0 amide bonds. The smallest absolute Gasteiger partial charge is 0.355 e. The molecule has 2 heterocycles. The molecule has 4 heteroatoms. The van der Waals surface area contributed by atoms with Gasteiger partial charge in [0.1, 0.15) is 10.7 Å². The molecule has 0 aliphatic carbocycles. The normalized spacial score (nSPS) is 10.8. The standard InChI is InChI=1S/C15H13NO2S/c1-2-18-15(17)13-10-11-6-3-4-7-12(11)16(13)14-8-5-9-19-14/h3-10H,2H2,1H3. The molecule has 0 unspecified atom stereocenters. The number of thiophene rings is 1. The van der Waals surface area contributed by atoms with Gasteiger partial charge in [0.2, 0.25) is 0 Å². The van der Waals surface area contributed by atoms with Crippen molar-refractivity contribution >= 4 is 28.2 Å². The summed E-state index contributed by atoms with van der Waals surface area (Å²) < 4.78 is 7.10. The van der Waals surface area contributed by atoms with Crippen LogP contribution in [0.25, 0.3) is 15.9 Å². The van der Waals surface area contributed by atoms with Gasteiger partial charge in [-0.3, -0.25) is 4.57 Å². The number of ether oxygens (including phenoxy) is 1. The molecule has 0 saturated carbocycles. The monoisotopic (exact) mass is 271 g/mol. The van der Waals surface area contributed by atoms with Crippen LogP contribution in [0.2, 0.25) is 0 Å². The lowest BCUT2D eigenvalue weighted by atomic mass is 10.2. The van der Waals surface area contributed by atoms with Crippen molar-refractivity contribution in [3.8, 4) is 5.00 Å². The lowest BCUT2D eigenvalue weighted by molar-refractivity contribution is 0.0517. The molecule has 3 rings (SSSR count). The Kier molecular flexibility index (Phi) is 3.09. The molecule has 0 N–H and O–H groups in total. The van der Waals surface area contributed by atoms with Crippen molar-refractivity contribution in [3.63, 3.8) is 0 Å². The topological polar surface area (TPSA) is 31.2 Å². The van der Waals surface area contributed by atoms with E-state index in [1.165, 1.54) is 0 Å². The Labute approximate surface area is 115 Å². The van der Waals surface area contributed by atoms with Crippen LogP contribution in [0, 0.1) is 0 Å². The third-order valence-electron chi connectivity index (χ3n) is 2.92. The Bertz CT molecular complexity index is 713. The summed E-state index contributed by atoms with van der Waals surface area (Å²) >= 11 is 1.60. The highest BCUT2D eigenvalue weighted by molar-refractivity contribution is 7.12. The fourth-order valence-corrected chi connectivity index (χ4v) is 2.90. The number of carbonyl (C=O) groups is 1. The molecule has 3 aromatic rings. The summed E-state index contributed by atoms with van der Waals surface area (Å²) in [4.78, 5) is 12.1. The summed E-state index contributed by atoms with van der Waals surface area (Å²) in [6.45, 7) is 2.20. The maximum Gasteiger partial charge on any atom is 0.355 e. The number of benzene rings is 1. The second kappa shape index (κ2) is 4.90. The zero-order chi connectivity index (χ0) is 13.2. The SMILES string of the molecule is CCOC(=O)c1cc2ccccc2n1-c1cccs1. The molecule has 0 saturated heterocycles. The van der Waals surface area contributed by atoms with Crippen LogP contribution in [-0.4, -0.2) is 17.1 Å². The zero-order valence-corrected chi connectivity index (χ0v) is 11.3. The number of nitrogens with zero attached hydrogens (tertiary/aromatic N) is 1. The maximum atomic E-state index is 12.1. The van der Waals surface area contributed by atoms with E-state index in [4.69, 9.17) is 4.74 Å². The van der Waals surface area contributed by atoms with Crippen molar-refractivity contribution in [2.75, 3.05) is 6.61 Å². The van der Waals surface area contributed by atoms with E-state index in [1.807, 2.05) is 59.3 Å². The van der Waals surface area contributed by atoms with Crippen LogP contribution in [0.3, 0.4) is 0 Å². The van der Waals surface area contributed by atoms with Crippen LogP contribution < -0.4 is 0 Å². The van der Waals surface area contributed by atoms with E-state index in [0.29, 0.717) is 12.3 Å². The van der Waals surface area contributed by atoms with Gasteiger partial charge in [-0.1, -0.05) is 18.2 Å². The van der Waals surface area contributed by atoms with Gasteiger partial charge in [-0.2, -0.15) is 0 Å². The minimum atomic E-state index is -0.285. The number of aromatic nitrogens is 1. The van der Waals surface area contributed by atoms with Crippen LogP contribution in [-0.2, 0) is 4.74 Å². The van der Waals surface area contributed by atoms with Gasteiger partial charge in [-0.05, 0) is 36.6 Å². The molecule has 96 valence electrons. The van der Waals surface area contributed by atoms with Crippen LogP contribution in [0.1, 0.15) is 17.4 Å². The van der Waals surface area contributed by atoms with E-state index in [0.717, 1.165) is 15.9 Å². The molecule has 0 aliphatic rings. The van der Waals surface area contributed by atoms with Crippen LogP contribution in [0.15, 0.2) is 47.8 Å². The van der Waals surface area contributed by atoms with E-state index in [9.17, 15) is 4.79 Å². The summed E-state index contributed by atoms with van der Waals surface area (Å²) in [6.07, 6.45) is 0. The number of hydrogen-bond donors (Lipinski definition) is 0. The summed E-state index contributed by atoms with van der Waals surface area (Å²) in [7, 11) is 0. The van der Waals surface area contributed by atoms with Gasteiger partial charge >= 0.3 is 5.97 Å². The Morgan fingerprint density at radius 2 is 2.11 bits per heavy atom. The average Bonchev–Trinajstić information content (AvgIpc) is 3.05. The highest BCUT2D eigenvalue weighted by atomic mass is 32.1. The van der Waals surface area contributed by atoms with Crippen molar-refractivity contribution in [3.05, 3.63) is 53.5 Å². The number of fused-ring (bicyclic) bond motifs is 1. The molecule has 3 nitrogen and oxygen atoms in total. The van der Waals surface area contributed by atoms with Crippen LogP contribution in [0.5, 0.6) is 0 Å². The number of carbonyl (C=O) groups excluding carboxylic acids is 1. The summed E-state index contributed by atoms with van der Waals surface area (Å²) in [5.41, 5.74) is 1.60. The van der Waals surface area contributed by atoms with E-state index < -0.39 is 0 Å². The first-order valence-electron chi connectivity index (χ1n) is 6.12. The van der Waals surface area contributed by atoms with Crippen molar-refractivity contribution in [2.24, 2.45) is 0 Å². The minimum absolute atomic E-state index is 0.285. The van der Waals surface area contributed by atoms with Gasteiger partial charge in [-0.25, -0.2) is 4.79 Å². The van der Waals surface area contributed by atoms with Crippen molar-refractivity contribution in [2.45, 2.75) is 6.92 Å². The summed E-state index contributed by atoms with van der Waals surface area (Å²) in [5, 5.41) is 4.06. The molecule has 0 fully saturated rings. The first-order valence-corrected chi connectivity index (χ1v) is 7.00. The third-order valence-corrected chi connectivity index (χ3v) is 3.78. The predicted octanol–water partition coefficient (Wildman–Crippen LogP) is 3.87. The number of esters is 1. The molecule has 0 spiro atoms. The molecule has 0 radical (unpaired) electrons. The third kappa shape index (κ3) is 2.04. The van der Waals surface area contributed by atoms with Crippen molar-refractivity contribution in [1.82, 2.24) is 4.57 Å². The van der Waals surface area contributed by atoms with E-state index in [1.54, 1.807) is 11.3 Å². The average molecular weight is 271 g/mol. The maximum absolute atomic E-state index is 12.1. The second-order valence-electron chi connectivity index (χ2n) is 4.10. The second-order valence-corrected chi connectivity index (χ2v) is 5.02. The highest BCUT2D eigenvalue weighted by Crippen LogP contribution is 2.27. The first kappa shape index (κ1) is 12.0. The van der Waals surface area contributed by atoms with E-state index >= 15 is 0 Å². The van der Waals surface area contributed by atoms with Gasteiger partial charge in [0.15, 0.2) is 0 Å². The zero-order valence-electron chi connectivity index (χ0n) is 10.5. The molecule has 2 aromatic heterocycles. The summed E-state index contributed by atoms with van der Waals surface area (Å²) in [5.74, 6) is -0.285. The Balaban J connectivity index is 2.26. The van der Waals surface area contributed by atoms with Gasteiger partial charge in [0, 0.05) is 5.39 Å². The molecular weight excluding hydrogens is 258 g/mol. The van der Waals surface area contributed by atoms with Crippen molar-refractivity contribution in [1.29, 1.82) is 0 Å². The quantitative estimate of drug-likeness (QED) is 0.677. The molecule has 1 aromatic carbocycles. The fraction of sp³-hybridized carbons (Fsp3) is 0.133. The minimum Gasteiger partial charge on any atom is -0.461 e. The number of rotatable bonds is 3. The molecule has 19 heavy (non-hydrogen) atoms. The largest absolute Gasteiger partial charge is 0.461 e. The lowest BCUT2D eigenvalue weighted by Crippen LogP contribution is -2.10. The Hall–Kier alpha value is -2.07. The van der Waals surface area contributed by atoms with Crippen molar-refractivity contribution < 1.29 is 9.53 Å². The number of para-hydroxylation sites is 1. The van der Waals surface area contributed by atoms with Gasteiger partial charge in [0.25, 0.3) is 0 Å². The van der Waals surface area contributed by atoms with Crippen LogP contribution in [0.4, 0.5) is 0 Å². The van der Waals surface area contributed by atoms with E-state index in [2.05, 4.69) is 0 Å². The Morgan fingerprint density at radius 3 is 2.84 bits per heavy atom. The van der Waals surface area contributed by atoms with Gasteiger partial charge < -0.3 is 4.74 Å².